The van der Waals surface area contributed by atoms with E-state index in [1.807, 2.05) is 0 Å². The SMILES string of the molecule is CN1CCCCC1COCC(O)CN1CCc2ccccc2C1. The monoisotopic (exact) mass is 318 g/mol. The molecule has 0 saturated carbocycles. The molecule has 2 aliphatic heterocycles. The minimum Gasteiger partial charge on any atom is -0.389 e. The molecular weight excluding hydrogens is 288 g/mol. The molecule has 4 heteroatoms. The lowest BCUT2D eigenvalue weighted by molar-refractivity contribution is -0.0104. The van der Waals surface area contributed by atoms with Crippen LogP contribution in [0.2, 0.25) is 0 Å². The van der Waals surface area contributed by atoms with E-state index in [4.69, 9.17) is 4.74 Å². The first-order valence-electron chi connectivity index (χ1n) is 8.97. The Morgan fingerprint density at radius 1 is 1.22 bits per heavy atom. The fraction of sp³-hybridized carbons (Fsp3) is 0.684. The van der Waals surface area contributed by atoms with E-state index in [9.17, 15) is 5.11 Å². The molecule has 2 heterocycles. The molecule has 23 heavy (non-hydrogen) atoms. The zero-order valence-corrected chi connectivity index (χ0v) is 14.3. The molecule has 3 rings (SSSR count). The van der Waals surface area contributed by atoms with E-state index >= 15 is 0 Å². The number of likely N-dealkylation sites (N-methyl/N-ethyl adjacent to an activating group) is 1. The molecule has 128 valence electrons. The topological polar surface area (TPSA) is 35.9 Å². The molecule has 2 aliphatic rings. The summed E-state index contributed by atoms with van der Waals surface area (Å²) in [5.74, 6) is 0. The number of piperidine rings is 1. The lowest BCUT2D eigenvalue weighted by Gasteiger charge is -2.33. The quantitative estimate of drug-likeness (QED) is 0.869. The zero-order chi connectivity index (χ0) is 16.1. The maximum atomic E-state index is 10.3. The third-order valence-electron chi connectivity index (χ3n) is 5.22. The number of hydrogen-bond donors (Lipinski definition) is 1. The van der Waals surface area contributed by atoms with Gasteiger partial charge in [0.05, 0.1) is 19.3 Å². The Bertz CT molecular complexity index is 494. The van der Waals surface area contributed by atoms with Crippen LogP contribution < -0.4 is 0 Å². The molecule has 0 aliphatic carbocycles. The molecule has 0 bridgehead atoms. The molecule has 2 atom stereocenters. The number of hydrogen-bond acceptors (Lipinski definition) is 4. The van der Waals surface area contributed by atoms with E-state index < -0.39 is 6.10 Å². The number of rotatable bonds is 6. The first-order chi connectivity index (χ1) is 11.2. The Balaban J connectivity index is 1.37. The van der Waals surface area contributed by atoms with Crippen molar-refractivity contribution < 1.29 is 9.84 Å². The van der Waals surface area contributed by atoms with Crippen LogP contribution in [-0.2, 0) is 17.7 Å². The third-order valence-corrected chi connectivity index (χ3v) is 5.22. The number of aliphatic hydroxyl groups excluding tert-OH is 1. The Hall–Kier alpha value is -0.940. The van der Waals surface area contributed by atoms with Crippen molar-refractivity contribution in [3.8, 4) is 0 Å². The predicted octanol–water partition coefficient (Wildman–Crippen LogP) is 1.91. The van der Waals surface area contributed by atoms with Crippen LogP contribution in [0.5, 0.6) is 0 Å². The Morgan fingerprint density at radius 3 is 2.87 bits per heavy atom. The number of β-amino-alcohol motifs (C(OH)–C–C–N with tert-alkyl or cyclic N) is 1. The summed E-state index contributed by atoms with van der Waals surface area (Å²) in [5, 5.41) is 10.3. The highest BCUT2D eigenvalue weighted by Crippen LogP contribution is 2.19. The molecule has 1 N–H and O–H groups in total. The summed E-state index contributed by atoms with van der Waals surface area (Å²) in [6, 6.07) is 9.15. The van der Waals surface area contributed by atoms with Crippen molar-refractivity contribution in [1.82, 2.24) is 9.80 Å². The van der Waals surface area contributed by atoms with E-state index in [-0.39, 0.29) is 0 Å². The summed E-state index contributed by atoms with van der Waals surface area (Å²) in [5.41, 5.74) is 2.85. The van der Waals surface area contributed by atoms with Crippen molar-refractivity contribution in [2.45, 2.75) is 44.4 Å². The summed E-state index contributed by atoms with van der Waals surface area (Å²) in [6.45, 7) is 5.04. The van der Waals surface area contributed by atoms with Crippen LogP contribution in [0.3, 0.4) is 0 Å². The second-order valence-corrected chi connectivity index (χ2v) is 7.08. The van der Waals surface area contributed by atoms with Crippen LogP contribution >= 0.6 is 0 Å². The summed E-state index contributed by atoms with van der Waals surface area (Å²) in [6.07, 6.45) is 4.50. The highest BCUT2D eigenvalue weighted by molar-refractivity contribution is 5.29. The number of benzene rings is 1. The van der Waals surface area contributed by atoms with Crippen molar-refractivity contribution in [1.29, 1.82) is 0 Å². The van der Waals surface area contributed by atoms with Gasteiger partial charge in [-0.25, -0.2) is 0 Å². The van der Waals surface area contributed by atoms with E-state index in [0.29, 0.717) is 19.2 Å². The lowest BCUT2D eigenvalue weighted by atomic mass is 10.00. The number of fused-ring (bicyclic) bond motifs is 1. The molecule has 1 saturated heterocycles. The molecule has 2 unspecified atom stereocenters. The van der Waals surface area contributed by atoms with Crippen molar-refractivity contribution in [2.24, 2.45) is 0 Å². The van der Waals surface area contributed by atoms with Crippen LogP contribution in [0.15, 0.2) is 24.3 Å². The Labute approximate surface area is 140 Å². The fourth-order valence-electron chi connectivity index (χ4n) is 3.76. The van der Waals surface area contributed by atoms with Gasteiger partial charge in [-0.2, -0.15) is 0 Å². The van der Waals surface area contributed by atoms with Crippen molar-refractivity contribution in [3.63, 3.8) is 0 Å². The highest BCUT2D eigenvalue weighted by atomic mass is 16.5. The smallest absolute Gasteiger partial charge is 0.0900 e. The van der Waals surface area contributed by atoms with Crippen molar-refractivity contribution in [2.75, 3.05) is 39.9 Å². The van der Waals surface area contributed by atoms with Gasteiger partial charge in [-0.1, -0.05) is 30.7 Å². The van der Waals surface area contributed by atoms with Gasteiger partial charge in [0.2, 0.25) is 0 Å². The van der Waals surface area contributed by atoms with Crippen LogP contribution in [0, 0.1) is 0 Å². The second-order valence-electron chi connectivity index (χ2n) is 7.08. The maximum absolute atomic E-state index is 10.3. The second kappa shape index (κ2) is 8.25. The van der Waals surface area contributed by atoms with Gasteiger partial charge in [-0.05, 0) is 44.0 Å². The zero-order valence-electron chi connectivity index (χ0n) is 14.3. The first-order valence-corrected chi connectivity index (χ1v) is 8.97. The minimum absolute atomic E-state index is 0.394. The average molecular weight is 318 g/mol. The number of likely N-dealkylation sites (tertiary alicyclic amines) is 1. The van der Waals surface area contributed by atoms with Crippen molar-refractivity contribution >= 4 is 0 Å². The first kappa shape index (κ1) is 16.9. The van der Waals surface area contributed by atoms with Gasteiger partial charge in [-0.15, -0.1) is 0 Å². The fourth-order valence-corrected chi connectivity index (χ4v) is 3.76. The van der Waals surface area contributed by atoms with Gasteiger partial charge in [0.1, 0.15) is 0 Å². The molecule has 0 amide bonds. The standard InChI is InChI=1S/C19H30N2O2/c1-20-10-5-4-8-18(20)14-23-15-19(22)13-21-11-9-16-6-2-3-7-17(16)12-21/h2-3,6-7,18-19,22H,4-5,8-15H2,1H3. The molecule has 0 aromatic heterocycles. The average Bonchev–Trinajstić information content (AvgIpc) is 2.56. The van der Waals surface area contributed by atoms with Gasteiger partial charge >= 0.3 is 0 Å². The molecule has 1 fully saturated rings. The third kappa shape index (κ3) is 4.77. The van der Waals surface area contributed by atoms with Gasteiger partial charge in [0.15, 0.2) is 0 Å². The highest BCUT2D eigenvalue weighted by Gasteiger charge is 2.21. The van der Waals surface area contributed by atoms with Crippen molar-refractivity contribution in [3.05, 3.63) is 35.4 Å². The summed E-state index contributed by atoms with van der Waals surface area (Å²) in [7, 11) is 2.18. The van der Waals surface area contributed by atoms with E-state index in [1.165, 1.54) is 36.9 Å². The number of ether oxygens (including phenoxy) is 1. The maximum Gasteiger partial charge on any atom is 0.0900 e. The summed E-state index contributed by atoms with van der Waals surface area (Å²) >= 11 is 0. The van der Waals surface area contributed by atoms with Crippen LogP contribution in [0.1, 0.15) is 30.4 Å². The van der Waals surface area contributed by atoms with Crippen LogP contribution in [0.25, 0.3) is 0 Å². The molecule has 0 spiro atoms. The largest absolute Gasteiger partial charge is 0.389 e. The molecular formula is C19H30N2O2. The van der Waals surface area contributed by atoms with Gasteiger partial charge in [-0.3, -0.25) is 4.90 Å². The lowest BCUT2D eigenvalue weighted by Crippen LogP contribution is -2.41. The Kier molecular flexibility index (Phi) is 6.06. The van der Waals surface area contributed by atoms with Crippen LogP contribution in [-0.4, -0.2) is 66.9 Å². The molecule has 1 aromatic carbocycles. The summed E-state index contributed by atoms with van der Waals surface area (Å²) < 4.78 is 5.80. The minimum atomic E-state index is -0.394. The van der Waals surface area contributed by atoms with E-state index in [2.05, 4.69) is 41.1 Å². The van der Waals surface area contributed by atoms with Crippen LogP contribution in [0.4, 0.5) is 0 Å². The van der Waals surface area contributed by atoms with Gasteiger partial charge in [0.25, 0.3) is 0 Å². The number of nitrogens with zero attached hydrogens (tertiary/aromatic N) is 2. The van der Waals surface area contributed by atoms with Gasteiger partial charge < -0.3 is 14.7 Å². The summed E-state index contributed by atoms with van der Waals surface area (Å²) in [4.78, 5) is 4.72. The molecule has 4 nitrogen and oxygen atoms in total. The van der Waals surface area contributed by atoms with E-state index in [1.54, 1.807) is 0 Å². The Morgan fingerprint density at radius 2 is 2.04 bits per heavy atom. The normalized spacial score (nSPS) is 24.3. The van der Waals surface area contributed by atoms with E-state index in [0.717, 1.165) is 26.1 Å². The predicted molar refractivity (Wildman–Crippen MR) is 92.5 cm³/mol. The number of aliphatic hydroxyl groups is 1. The molecule has 0 radical (unpaired) electrons. The van der Waals surface area contributed by atoms with Gasteiger partial charge in [0, 0.05) is 25.7 Å². The molecule has 1 aromatic rings.